The van der Waals surface area contributed by atoms with Crippen molar-refractivity contribution >= 4 is 18.0 Å². The summed E-state index contributed by atoms with van der Waals surface area (Å²) in [6.07, 6.45) is 14.4. The highest BCUT2D eigenvalue weighted by molar-refractivity contribution is 5.64. The van der Waals surface area contributed by atoms with Gasteiger partial charge in [0, 0.05) is 25.5 Å². The number of aromatic nitrogens is 7. The molecule has 1 saturated carbocycles. The van der Waals surface area contributed by atoms with Crippen molar-refractivity contribution in [1.29, 1.82) is 0 Å². The van der Waals surface area contributed by atoms with Crippen molar-refractivity contribution in [3.63, 3.8) is 0 Å². The second-order valence-corrected chi connectivity index (χ2v) is 7.57. The predicted octanol–water partition coefficient (Wildman–Crippen LogP) is 2.14. The number of aliphatic hydroxyl groups is 1. The molecule has 3 heterocycles. The van der Waals surface area contributed by atoms with Crippen LogP contribution < -0.4 is 0 Å². The number of rotatable bonds is 7. The van der Waals surface area contributed by atoms with Crippen LogP contribution >= 0.6 is 0 Å². The highest BCUT2D eigenvalue weighted by Crippen LogP contribution is 2.35. The number of hydrogen-bond donors (Lipinski definition) is 1. The predicted molar refractivity (Wildman–Crippen MR) is 108 cm³/mol. The average Bonchev–Trinajstić information content (AvgIpc) is 3.45. The van der Waals surface area contributed by atoms with Gasteiger partial charge in [-0.1, -0.05) is 24.5 Å². The Morgan fingerprint density at radius 3 is 2.67 bits per heavy atom. The highest BCUT2D eigenvalue weighted by Gasteiger charge is 2.34. The molecule has 4 rings (SSSR count). The summed E-state index contributed by atoms with van der Waals surface area (Å²) in [7, 11) is 1.87. The first-order valence-corrected chi connectivity index (χ1v) is 9.94. The monoisotopic (exact) mass is 412 g/mol. The molecule has 0 saturated heterocycles. The van der Waals surface area contributed by atoms with E-state index in [0.29, 0.717) is 36.7 Å². The summed E-state index contributed by atoms with van der Waals surface area (Å²) >= 11 is 0. The van der Waals surface area contributed by atoms with E-state index >= 15 is 0 Å². The smallest absolute Gasteiger partial charge is 0.343 e. The van der Waals surface area contributed by atoms with Crippen molar-refractivity contribution in [1.82, 2.24) is 34.1 Å². The molecule has 0 bridgehead atoms. The van der Waals surface area contributed by atoms with Crippen LogP contribution in [0.4, 0.5) is 5.82 Å². The zero-order valence-electron chi connectivity index (χ0n) is 16.8. The van der Waals surface area contributed by atoms with Crippen LogP contribution in [0.1, 0.15) is 49.4 Å². The van der Waals surface area contributed by atoms with E-state index in [2.05, 4.69) is 20.3 Å². The summed E-state index contributed by atoms with van der Waals surface area (Å²) < 4.78 is 4.97. The lowest BCUT2D eigenvalue weighted by Crippen LogP contribution is -2.28. The lowest BCUT2D eigenvalue weighted by Gasteiger charge is -2.29. The van der Waals surface area contributed by atoms with E-state index < -0.39 is 10.5 Å². The van der Waals surface area contributed by atoms with Crippen molar-refractivity contribution in [2.75, 3.05) is 0 Å². The second-order valence-electron chi connectivity index (χ2n) is 7.57. The Hall–Kier alpha value is -3.34. The third-order valence-corrected chi connectivity index (χ3v) is 5.54. The number of nitrogens with zero attached hydrogens (tertiary/aromatic N) is 8. The number of hydrogen-bond acceptors (Lipinski definition) is 7. The quantitative estimate of drug-likeness (QED) is 0.465. The molecule has 158 valence electrons. The number of nitro groups is 1. The maximum absolute atomic E-state index is 11.4. The Bertz CT molecular complexity index is 1060. The standard InChI is InChI=1S/C19H24N8O3/c1-24-10-9-20-16(24)5-6-17-21-13-18(27(29)30)26(17)12-11-25-14-15(22-23-25)19(28)7-3-2-4-8-19/h5-6,9-10,13-14,28H,2-4,7-8,11-12H2,1H3/b6-5+. The molecular formula is C19H24N8O3. The molecule has 3 aromatic rings. The summed E-state index contributed by atoms with van der Waals surface area (Å²) in [5.41, 5.74) is -0.356. The van der Waals surface area contributed by atoms with E-state index in [1.165, 1.54) is 10.8 Å². The molecule has 1 fully saturated rings. The van der Waals surface area contributed by atoms with E-state index in [-0.39, 0.29) is 12.4 Å². The van der Waals surface area contributed by atoms with Crippen LogP contribution in [-0.4, -0.2) is 44.1 Å². The third-order valence-electron chi connectivity index (χ3n) is 5.54. The molecule has 1 N–H and O–H groups in total. The molecule has 11 heteroatoms. The zero-order chi connectivity index (χ0) is 21.1. The van der Waals surface area contributed by atoms with Crippen molar-refractivity contribution in [2.45, 2.75) is 50.8 Å². The van der Waals surface area contributed by atoms with Crippen molar-refractivity contribution in [3.05, 3.63) is 52.2 Å². The van der Waals surface area contributed by atoms with Crippen LogP contribution in [0, 0.1) is 10.1 Å². The minimum atomic E-state index is -0.923. The summed E-state index contributed by atoms with van der Waals surface area (Å²) in [5.74, 6) is 1.07. The molecule has 0 amide bonds. The SMILES string of the molecule is Cn1ccnc1/C=C/c1ncc([N+](=O)[O-])n1CCn1cc(C2(O)CCCCC2)nn1. The summed E-state index contributed by atoms with van der Waals surface area (Å²) in [4.78, 5) is 19.4. The number of imidazole rings is 2. The van der Waals surface area contributed by atoms with Gasteiger partial charge in [-0.2, -0.15) is 0 Å². The lowest BCUT2D eigenvalue weighted by molar-refractivity contribution is -0.392. The first kappa shape index (κ1) is 20.0. The second kappa shape index (κ2) is 8.19. The molecule has 30 heavy (non-hydrogen) atoms. The molecule has 1 aliphatic carbocycles. The van der Waals surface area contributed by atoms with Crippen LogP contribution in [0.15, 0.2) is 24.8 Å². The largest absolute Gasteiger partial charge is 0.383 e. The van der Waals surface area contributed by atoms with E-state index in [1.54, 1.807) is 29.2 Å². The Morgan fingerprint density at radius 1 is 1.20 bits per heavy atom. The van der Waals surface area contributed by atoms with Gasteiger partial charge in [0.25, 0.3) is 0 Å². The molecule has 0 atom stereocenters. The van der Waals surface area contributed by atoms with Gasteiger partial charge in [0.1, 0.15) is 29.9 Å². The Morgan fingerprint density at radius 2 is 1.97 bits per heavy atom. The van der Waals surface area contributed by atoms with Gasteiger partial charge in [-0.05, 0) is 23.8 Å². The Labute approximate surface area is 172 Å². The molecule has 0 unspecified atom stereocenters. The van der Waals surface area contributed by atoms with E-state index in [1.807, 2.05) is 17.8 Å². The van der Waals surface area contributed by atoms with Gasteiger partial charge in [0.15, 0.2) is 0 Å². The van der Waals surface area contributed by atoms with Gasteiger partial charge >= 0.3 is 5.82 Å². The molecule has 1 aliphatic rings. The fourth-order valence-electron chi connectivity index (χ4n) is 3.79. The van der Waals surface area contributed by atoms with Crippen molar-refractivity contribution in [2.24, 2.45) is 7.05 Å². The van der Waals surface area contributed by atoms with Gasteiger partial charge in [0.05, 0.1) is 12.7 Å². The number of aryl methyl sites for hydroxylation is 2. The topological polar surface area (TPSA) is 130 Å². The van der Waals surface area contributed by atoms with E-state index in [0.717, 1.165) is 19.3 Å². The molecule has 0 radical (unpaired) electrons. The zero-order valence-corrected chi connectivity index (χ0v) is 16.8. The van der Waals surface area contributed by atoms with Crippen molar-refractivity contribution in [3.8, 4) is 0 Å². The van der Waals surface area contributed by atoms with Crippen molar-refractivity contribution < 1.29 is 10.0 Å². The van der Waals surface area contributed by atoms with Crippen LogP contribution in [0.5, 0.6) is 0 Å². The molecular weight excluding hydrogens is 388 g/mol. The van der Waals surface area contributed by atoms with Gasteiger partial charge in [-0.25, -0.2) is 19.2 Å². The maximum Gasteiger partial charge on any atom is 0.343 e. The van der Waals surface area contributed by atoms with E-state index in [4.69, 9.17) is 0 Å². The minimum Gasteiger partial charge on any atom is -0.383 e. The van der Waals surface area contributed by atoms with E-state index in [9.17, 15) is 15.2 Å². The summed E-state index contributed by atoms with van der Waals surface area (Å²) in [6.45, 7) is 0.654. The molecule has 0 aliphatic heterocycles. The lowest BCUT2D eigenvalue weighted by atomic mass is 9.83. The fourth-order valence-corrected chi connectivity index (χ4v) is 3.79. The van der Waals surface area contributed by atoms with Gasteiger partial charge in [0.2, 0.25) is 5.82 Å². The first-order valence-electron chi connectivity index (χ1n) is 9.94. The summed E-state index contributed by atoms with van der Waals surface area (Å²) in [6, 6.07) is 0. The van der Waals surface area contributed by atoms with Gasteiger partial charge < -0.3 is 19.8 Å². The van der Waals surface area contributed by atoms with Crippen LogP contribution in [-0.2, 0) is 25.7 Å². The summed E-state index contributed by atoms with van der Waals surface area (Å²) in [5, 5.41) is 30.5. The average molecular weight is 412 g/mol. The maximum atomic E-state index is 11.4. The fraction of sp³-hybridized carbons (Fsp3) is 0.474. The first-order chi connectivity index (χ1) is 14.5. The van der Waals surface area contributed by atoms with Crippen LogP contribution in [0.25, 0.3) is 12.2 Å². The van der Waals surface area contributed by atoms with Gasteiger partial charge in [-0.3, -0.25) is 0 Å². The molecule has 0 spiro atoms. The minimum absolute atomic E-state index is 0.0965. The van der Waals surface area contributed by atoms with Crippen LogP contribution in [0.2, 0.25) is 0 Å². The normalized spacial score (nSPS) is 16.3. The Kier molecular flexibility index (Phi) is 5.44. The third kappa shape index (κ3) is 4.01. The van der Waals surface area contributed by atoms with Gasteiger partial charge in [-0.15, -0.1) is 5.10 Å². The Balaban J connectivity index is 1.51. The highest BCUT2D eigenvalue weighted by atomic mass is 16.6. The molecule has 11 nitrogen and oxygen atoms in total. The van der Waals surface area contributed by atoms with Crippen LogP contribution in [0.3, 0.4) is 0 Å². The molecule has 0 aromatic carbocycles. The molecule has 3 aromatic heterocycles.